The summed E-state index contributed by atoms with van der Waals surface area (Å²) in [6.07, 6.45) is 0.296. The number of likely N-dealkylation sites (tertiary alicyclic amines) is 1. The van der Waals surface area contributed by atoms with Gasteiger partial charge in [-0.1, -0.05) is 53.6 Å². The van der Waals surface area contributed by atoms with E-state index < -0.39 is 0 Å². The molecule has 0 aliphatic carbocycles. The molecule has 3 rings (SSSR count). The van der Waals surface area contributed by atoms with Gasteiger partial charge in [-0.2, -0.15) is 0 Å². The molecule has 1 aliphatic rings. The molecular weight excluding hydrogens is 324 g/mol. The van der Waals surface area contributed by atoms with Crippen molar-refractivity contribution in [3.05, 3.63) is 70.3 Å². The predicted molar refractivity (Wildman–Crippen MR) is 102 cm³/mol. The zero-order chi connectivity index (χ0) is 18.7. The number of amides is 2. The van der Waals surface area contributed by atoms with Crippen LogP contribution in [0.5, 0.6) is 0 Å². The van der Waals surface area contributed by atoms with Crippen LogP contribution in [-0.2, 0) is 22.7 Å². The summed E-state index contributed by atoms with van der Waals surface area (Å²) < 4.78 is 0. The zero-order valence-corrected chi connectivity index (χ0v) is 15.7. The van der Waals surface area contributed by atoms with E-state index in [9.17, 15) is 9.59 Å². The summed E-state index contributed by atoms with van der Waals surface area (Å²) in [6, 6.07) is 14.4. The van der Waals surface area contributed by atoms with Crippen LogP contribution < -0.4 is 5.32 Å². The van der Waals surface area contributed by atoms with E-state index in [-0.39, 0.29) is 17.7 Å². The maximum Gasteiger partial charge on any atom is 0.225 e. The van der Waals surface area contributed by atoms with Crippen LogP contribution in [0.15, 0.2) is 42.5 Å². The van der Waals surface area contributed by atoms with Crippen molar-refractivity contribution in [2.24, 2.45) is 5.92 Å². The second-order valence-electron chi connectivity index (χ2n) is 7.31. The lowest BCUT2D eigenvalue weighted by Crippen LogP contribution is -2.32. The number of rotatable bonds is 5. The van der Waals surface area contributed by atoms with Crippen LogP contribution >= 0.6 is 0 Å². The number of nitrogens with zero attached hydrogens (tertiary/aromatic N) is 1. The van der Waals surface area contributed by atoms with Gasteiger partial charge in [-0.3, -0.25) is 9.59 Å². The molecule has 1 N–H and O–H groups in total. The van der Waals surface area contributed by atoms with Gasteiger partial charge in [-0.15, -0.1) is 0 Å². The molecule has 4 heteroatoms. The molecule has 1 saturated heterocycles. The van der Waals surface area contributed by atoms with Crippen molar-refractivity contribution in [1.82, 2.24) is 10.2 Å². The van der Waals surface area contributed by atoms with Crippen LogP contribution in [0.25, 0.3) is 0 Å². The fourth-order valence-electron chi connectivity index (χ4n) is 3.39. The number of hydrogen-bond acceptors (Lipinski definition) is 2. The lowest BCUT2D eigenvalue weighted by molar-refractivity contribution is -0.129. The molecule has 0 radical (unpaired) electrons. The molecule has 1 aliphatic heterocycles. The molecule has 26 heavy (non-hydrogen) atoms. The molecule has 2 aromatic carbocycles. The van der Waals surface area contributed by atoms with Crippen LogP contribution in [0.3, 0.4) is 0 Å². The van der Waals surface area contributed by atoms with Crippen molar-refractivity contribution in [3.63, 3.8) is 0 Å². The SMILES string of the molecule is Cc1ccc(CN2CC(C(=O)NCc3ccc(C)cc3C)CC2=O)cc1. The number of hydrogen-bond donors (Lipinski definition) is 1. The highest BCUT2D eigenvalue weighted by Gasteiger charge is 2.34. The topological polar surface area (TPSA) is 49.4 Å². The Morgan fingerprint density at radius 1 is 1.08 bits per heavy atom. The number of nitrogens with one attached hydrogen (secondary N) is 1. The van der Waals surface area contributed by atoms with E-state index in [0.29, 0.717) is 26.1 Å². The Balaban J connectivity index is 1.55. The summed E-state index contributed by atoms with van der Waals surface area (Å²) in [6.45, 7) is 7.72. The van der Waals surface area contributed by atoms with Gasteiger partial charge in [0.25, 0.3) is 0 Å². The van der Waals surface area contributed by atoms with E-state index in [1.54, 1.807) is 4.90 Å². The van der Waals surface area contributed by atoms with Gasteiger partial charge < -0.3 is 10.2 Å². The van der Waals surface area contributed by atoms with E-state index in [2.05, 4.69) is 37.4 Å². The third kappa shape index (κ3) is 4.31. The molecule has 0 saturated carbocycles. The normalized spacial score (nSPS) is 16.8. The van der Waals surface area contributed by atoms with Crippen LogP contribution in [-0.4, -0.2) is 23.3 Å². The molecule has 0 spiro atoms. The number of aryl methyl sites for hydroxylation is 3. The minimum absolute atomic E-state index is 0.0373. The fourth-order valence-corrected chi connectivity index (χ4v) is 3.39. The summed E-state index contributed by atoms with van der Waals surface area (Å²) in [5.74, 6) is -0.249. The molecule has 1 unspecified atom stereocenters. The summed E-state index contributed by atoms with van der Waals surface area (Å²) in [4.78, 5) is 26.6. The van der Waals surface area contributed by atoms with Crippen LogP contribution in [0.4, 0.5) is 0 Å². The van der Waals surface area contributed by atoms with Crippen molar-refractivity contribution in [2.45, 2.75) is 40.3 Å². The Kier molecular flexibility index (Phi) is 5.40. The smallest absolute Gasteiger partial charge is 0.225 e. The highest BCUT2D eigenvalue weighted by Crippen LogP contribution is 2.21. The summed E-state index contributed by atoms with van der Waals surface area (Å²) in [7, 11) is 0. The quantitative estimate of drug-likeness (QED) is 0.900. The first-order valence-corrected chi connectivity index (χ1v) is 9.09. The minimum atomic E-state index is -0.265. The monoisotopic (exact) mass is 350 g/mol. The fraction of sp³-hybridized carbons (Fsp3) is 0.364. The standard InChI is InChI=1S/C22H26N2O2/c1-15-4-7-18(8-5-15)13-24-14-20(11-21(24)25)22(26)23-12-19-9-6-16(2)10-17(19)3/h4-10,20H,11-14H2,1-3H3,(H,23,26). The average Bonchev–Trinajstić information content (AvgIpc) is 2.97. The van der Waals surface area contributed by atoms with Gasteiger partial charge in [0.2, 0.25) is 11.8 Å². The predicted octanol–water partition coefficient (Wildman–Crippen LogP) is 3.28. The Bertz CT molecular complexity index is 811. The van der Waals surface area contributed by atoms with Crippen molar-refractivity contribution in [1.29, 1.82) is 0 Å². The van der Waals surface area contributed by atoms with Gasteiger partial charge in [0.05, 0.1) is 5.92 Å². The Hall–Kier alpha value is -2.62. The van der Waals surface area contributed by atoms with Crippen molar-refractivity contribution >= 4 is 11.8 Å². The number of benzene rings is 2. The minimum Gasteiger partial charge on any atom is -0.352 e. The largest absolute Gasteiger partial charge is 0.352 e. The molecule has 4 nitrogen and oxygen atoms in total. The molecular formula is C22H26N2O2. The highest BCUT2D eigenvalue weighted by molar-refractivity contribution is 5.89. The first-order chi connectivity index (χ1) is 12.4. The van der Waals surface area contributed by atoms with Crippen molar-refractivity contribution in [3.8, 4) is 0 Å². The van der Waals surface area contributed by atoms with Crippen molar-refractivity contribution < 1.29 is 9.59 Å². The summed E-state index contributed by atoms with van der Waals surface area (Å²) >= 11 is 0. The lowest BCUT2D eigenvalue weighted by atomic mass is 10.0. The number of carbonyl (C=O) groups is 2. The molecule has 2 amide bonds. The Morgan fingerprint density at radius 3 is 2.46 bits per heavy atom. The number of carbonyl (C=O) groups excluding carboxylic acids is 2. The zero-order valence-electron chi connectivity index (χ0n) is 15.7. The highest BCUT2D eigenvalue weighted by atomic mass is 16.2. The van der Waals surface area contributed by atoms with Crippen LogP contribution in [0.2, 0.25) is 0 Å². The van der Waals surface area contributed by atoms with Gasteiger partial charge in [0.15, 0.2) is 0 Å². The van der Waals surface area contributed by atoms with Gasteiger partial charge in [-0.05, 0) is 37.5 Å². The third-order valence-corrected chi connectivity index (χ3v) is 5.03. The Labute approximate surface area is 155 Å². The lowest BCUT2D eigenvalue weighted by Gasteiger charge is -2.17. The van der Waals surface area contributed by atoms with Gasteiger partial charge >= 0.3 is 0 Å². The van der Waals surface area contributed by atoms with Crippen LogP contribution in [0, 0.1) is 26.7 Å². The van der Waals surface area contributed by atoms with Gasteiger partial charge in [0, 0.05) is 26.1 Å². The summed E-state index contributed by atoms with van der Waals surface area (Å²) in [5, 5.41) is 3.00. The average molecular weight is 350 g/mol. The molecule has 2 aromatic rings. The van der Waals surface area contributed by atoms with E-state index in [1.807, 2.05) is 31.2 Å². The maximum absolute atomic E-state index is 12.5. The molecule has 0 aromatic heterocycles. The molecule has 1 atom stereocenters. The Morgan fingerprint density at radius 2 is 1.77 bits per heavy atom. The molecule has 1 fully saturated rings. The van der Waals surface area contributed by atoms with E-state index in [0.717, 1.165) is 11.1 Å². The van der Waals surface area contributed by atoms with E-state index >= 15 is 0 Å². The van der Waals surface area contributed by atoms with E-state index in [4.69, 9.17) is 0 Å². The van der Waals surface area contributed by atoms with Crippen molar-refractivity contribution in [2.75, 3.05) is 6.54 Å². The third-order valence-electron chi connectivity index (χ3n) is 5.03. The molecule has 1 heterocycles. The first-order valence-electron chi connectivity index (χ1n) is 9.09. The van der Waals surface area contributed by atoms with Gasteiger partial charge in [0.1, 0.15) is 0 Å². The summed E-state index contributed by atoms with van der Waals surface area (Å²) in [5.41, 5.74) is 5.80. The second kappa shape index (κ2) is 7.73. The first kappa shape index (κ1) is 18.2. The van der Waals surface area contributed by atoms with Crippen LogP contribution in [0.1, 0.15) is 34.2 Å². The van der Waals surface area contributed by atoms with Gasteiger partial charge in [-0.25, -0.2) is 0 Å². The van der Waals surface area contributed by atoms with E-state index in [1.165, 1.54) is 16.7 Å². The second-order valence-corrected chi connectivity index (χ2v) is 7.31. The molecule has 0 bridgehead atoms. The molecule has 136 valence electrons. The maximum atomic E-state index is 12.5.